The molecular weight excluding hydrogens is 432 g/mol. The highest BCUT2D eigenvalue weighted by molar-refractivity contribution is 7.10. The number of rotatable bonds is 5. The van der Waals surface area contributed by atoms with Crippen LogP contribution in [0.5, 0.6) is 5.75 Å². The van der Waals surface area contributed by atoms with Crippen LogP contribution in [0.15, 0.2) is 53.9 Å². The molecule has 0 spiro atoms. The van der Waals surface area contributed by atoms with E-state index in [1.54, 1.807) is 54.7 Å². The smallest absolute Gasteiger partial charge is 0.265 e. The van der Waals surface area contributed by atoms with Crippen LogP contribution in [0.2, 0.25) is 5.02 Å². The van der Waals surface area contributed by atoms with Gasteiger partial charge in [-0.3, -0.25) is 9.59 Å². The minimum absolute atomic E-state index is 0.0197. The predicted molar refractivity (Wildman–Crippen MR) is 124 cm³/mol. The highest BCUT2D eigenvalue weighted by atomic mass is 35.5. The molecule has 4 rings (SSSR count). The number of halogens is 1. The van der Waals surface area contributed by atoms with Gasteiger partial charge in [0, 0.05) is 34.2 Å². The summed E-state index contributed by atoms with van der Waals surface area (Å²) in [6.45, 7) is 4.85. The van der Waals surface area contributed by atoms with Crippen molar-refractivity contribution in [1.82, 2.24) is 4.90 Å². The topological polar surface area (TPSA) is 58.6 Å². The van der Waals surface area contributed by atoms with Gasteiger partial charge in [0.25, 0.3) is 11.8 Å². The molecule has 0 radical (unpaired) electrons. The van der Waals surface area contributed by atoms with Crippen LogP contribution in [0.1, 0.15) is 33.3 Å². The van der Waals surface area contributed by atoms with Crippen molar-refractivity contribution in [1.29, 1.82) is 0 Å². The summed E-state index contributed by atoms with van der Waals surface area (Å²) >= 11 is 7.72. The molecule has 3 aromatic rings. The number of thiophene rings is 1. The third-order valence-corrected chi connectivity index (χ3v) is 6.65. The number of nitrogens with zero attached hydrogens (tertiary/aromatic N) is 1. The lowest BCUT2D eigenvalue weighted by molar-refractivity contribution is -0.122. The third kappa shape index (κ3) is 4.75. The van der Waals surface area contributed by atoms with Crippen molar-refractivity contribution in [2.24, 2.45) is 0 Å². The highest BCUT2D eigenvalue weighted by Crippen LogP contribution is 2.27. The molecule has 160 valence electrons. The van der Waals surface area contributed by atoms with Gasteiger partial charge in [-0.2, -0.15) is 0 Å². The molecule has 1 aliphatic rings. The number of amides is 2. The maximum atomic E-state index is 13.2. The van der Waals surface area contributed by atoms with E-state index in [2.05, 4.69) is 16.8 Å². The first kappa shape index (κ1) is 21.4. The van der Waals surface area contributed by atoms with Crippen LogP contribution in [0.25, 0.3) is 0 Å². The Morgan fingerprint density at radius 1 is 1.19 bits per heavy atom. The third-order valence-electron chi connectivity index (χ3n) is 5.40. The lowest BCUT2D eigenvalue weighted by Gasteiger charge is -2.28. The lowest BCUT2D eigenvalue weighted by atomic mass is 10.0. The van der Waals surface area contributed by atoms with Crippen LogP contribution < -0.4 is 10.1 Å². The Morgan fingerprint density at radius 3 is 2.81 bits per heavy atom. The molecule has 1 N–H and O–H groups in total. The second-order valence-corrected chi connectivity index (χ2v) is 8.97. The van der Waals surface area contributed by atoms with Crippen LogP contribution in [-0.4, -0.2) is 29.4 Å². The number of benzene rings is 2. The Bertz CT molecular complexity index is 1130. The summed E-state index contributed by atoms with van der Waals surface area (Å²) in [6, 6.07) is 14.4. The van der Waals surface area contributed by atoms with Crippen LogP contribution in [0.3, 0.4) is 0 Å². The monoisotopic (exact) mass is 454 g/mol. The molecule has 5 nitrogen and oxygen atoms in total. The molecule has 2 amide bonds. The van der Waals surface area contributed by atoms with Gasteiger partial charge >= 0.3 is 0 Å². The van der Waals surface area contributed by atoms with E-state index in [0.29, 0.717) is 35.1 Å². The molecule has 31 heavy (non-hydrogen) atoms. The van der Waals surface area contributed by atoms with Gasteiger partial charge in [-0.1, -0.05) is 23.7 Å². The first-order valence-electron chi connectivity index (χ1n) is 10.1. The molecule has 2 heterocycles. The fraction of sp³-hybridized carbons (Fsp3) is 0.250. The van der Waals surface area contributed by atoms with E-state index in [1.165, 1.54) is 10.4 Å². The Morgan fingerprint density at radius 2 is 2.00 bits per heavy atom. The van der Waals surface area contributed by atoms with Gasteiger partial charge in [0.1, 0.15) is 5.75 Å². The van der Waals surface area contributed by atoms with Crippen LogP contribution in [0, 0.1) is 6.92 Å². The summed E-state index contributed by atoms with van der Waals surface area (Å²) in [7, 11) is 0. The second kappa shape index (κ2) is 9.12. The first-order chi connectivity index (χ1) is 14.9. The molecule has 0 aliphatic carbocycles. The average molecular weight is 455 g/mol. The first-order valence-corrected chi connectivity index (χ1v) is 11.4. The van der Waals surface area contributed by atoms with Gasteiger partial charge in [-0.05, 0) is 73.2 Å². The Hall–Kier alpha value is -2.83. The van der Waals surface area contributed by atoms with E-state index in [0.717, 1.165) is 12.0 Å². The number of hydrogen-bond donors (Lipinski definition) is 1. The standard InChI is InChI=1S/C24H23ClN2O3S/c1-15-20(24(29)27-11-9-22-17(14-27)10-12-31-22)7-4-8-21(15)26-23(28)16(2)30-19-6-3-5-18(25)13-19/h3-8,10,12-13,16H,9,11,14H2,1-2H3,(H,26,28). The summed E-state index contributed by atoms with van der Waals surface area (Å²) in [4.78, 5) is 29.1. The number of hydrogen-bond acceptors (Lipinski definition) is 4. The maximum absolute atomic E-state index is 13.2. The fourth-order valence-corrected chi connectivity index (χ4v) is 4.70. The molecule has 1 unspecified atom stereocenters. The van der Waals surface area contributed by atoms with E-state index in [9.17, 15) is 9.59 Å². The van der Waals surface area contributed by atoms with E-state index in [-0.39, 0.29) is 11.8 Å². The molecule has 0 saturated heterocycles. The maximum Gasteiger partial charge on any atom is 0.265 e. The summed E-state index contributed by atoms with van der Waals surface area (Å²) in [6.07, 6.45) is 0.156. The zero-order chi connectivity index (χ0) is 22.0. The molecule has 1 aliphatic heterocycles. The molecule has 2 aromatic carbocycles. The minimum atomic E-state index is -0.726. The number of ether oxygens (including phenoxy) is 1. The number of fused-ring (bicyclic) bond motifs is 1. The number of anilines is 1. The Labute approximate surface area is 190 Å². The van der Waals surface area contributed by atoms with E-state index < -0.39 is 6.10 Å². The Kier molecular flexibility index (Phi) is 6.30. The number of nitrogens with one attached hydrogen (secondary N) is 1. The minimum Gasteiger partial charge on any atom is -0.481 e. The molecule has 1 atom stereocenters. The van der Waals surface area contributed by atoms with Crippen molar-refractivity contribution >= 4 is 40.4 Å². The molecular formula is C24H23ClN2O3S. The van der Waals surface area contributed by atoms with E-state index in [4.69, 9.17) is 16.3 Å². The second-order valence-electron chi connectivity index (χ2n) is 7.53. The normalized spacial score (nSPS) is 14.0. The van der Waals surface area contributed by atoms with Crippen LogP contribution >= 0.6 is 22.9 Å². The molecule has 7 heteroatoms. The van der Waals surface area contributed by atoms with Crippen molar-refractivity contribution < 1.29 is 14.3 Å². The SMILES string of the molecule is Cc1c(NC(=O)C(C)Oc2cccc(Cl)c2)cccc1C(=O)N1CCc2sccc2C1. The van der Waals surface area contributed by atoms with Crippen LogP contribution in [-0.2, 0) is 17.8 Å². The van der Waals surface area contributed by atoms with Gasteiger partial charge in [0.05, 0.1) is 0 Å². The van der Waals surface area contributed by atoms with Gasteiger partial charge in [0.15, 0.2) is 6.10 Å². The van der Waals surface area contributed by atoms with Gasteiger partial charge in [-0.25, -0.2) is 0 Å². The van der Waals surface area contributed by atoms with E-state index >= 15 is 0 Å². The van der Waals surface area contributed by atoms with Crippen molar-refractivity contribution in [2.75, 3.05) is 11.9 Å². The van der Waals surface area contributed by atoms with Gasteiger partial charge in [-0.15, -0.1) is 11.3 Å². The fourth-order valence-electron chi connectivity index (χ4n) is 3.63. The van der Waals surface area contributed by atoms with Crippen molar-refractivity contribution in [3.8, 4) is 5.75 Å². The van der Waals surface area contributed by atoms with Crippen molar-refractivity contribution in [3.05, 3.63) is 80.5 Å². The van der Waals surface area contributed by atoms with Gasteiger partial charge < -0.3 is 15.0 Å². The largest absolute Gasteiger partial charge is 0.481 e. The van der Waals surface area contributed by atoms with Crippen molar-refractivity contribution in [2.45, 2.75) is 32.9 Å². The summed E-state index contributed by atoms with van der Waals surface area (Å²) in [5, 5.41) is 5.51. The lowest BCUT2D eigenvalue weighted by Crippen LogP contribution is -2.36. The predicted octanol–water partition coefficient (Wildman–Crippen LogP) is 5.31. The zero-order valence-corrected chi connectivity index (χ0v) is 18.9. The number of carbonyl (C=O) groups is 2. The van der Waals surface area contributed by atoms with Crippen LogP contribution in [0.4, 0.5) is 5.69 Å². The zero-order valence-electron chi connectivity index (χ0n) is 17.4. The molecule has 0 bridgehead atoms. The average Bonchev–Trinajstić information content (AvgIpc) is 3.22. The summed E-state index contributed by atoms with van der Waals surface area (Å²) in [5.41, 5.74) is 3.16. The quantitative estimate of drug-likeness (QED) is 0.568. The van der Waals surface area contributed by atoms with E-state index in [1.807, 2.05) is 17.9 Å². The Balaban J connectivity index is 1.46. The summed E-state index contributed by atoms with van der Waals surface area (Å²) in [5.74, 6) is 0.205. The highest BCUT2D eigenvalue weighted by Gasteiger charge is 2.25. The summed E-state index contributed by atoms with van der Waals surface area (Å²) < 4.78 is 5.70. The molecule has 1 aromatic heterocycles. The molecule has 0 saturated carbocycles. The van der Waals surface area contributed by atoms with Crippen molar-refractivity contribution in [3.63, 3.8) is 0 Å². The van der Waals surface area contributed by atoms with Gasteiger partial charge in [0.2, 0.25) is 0 Å². The molecule has 0 fully saturated rings. The number of carbonyl (C=O) groups excluding carboxylic acids is 2.